The molecule has 0 atom stereocenters. The van der Waals surface area contributed by atoms with Crippen LogP contribution in [0.1, 0.15) is 11.3 Å². The Labute approximate surface area is 164 Å². The quantitative estimate of drug-likeness (QED) is 0.527. The number of thiophene rings is 1. The molecule has 0 saturated heterocycles. The van der Waals surface area contributed by atoms with Gasteiger partial charge in [-0.25, -0.2) is 9.48 Å². The Balaban J connectivity index is 1.63. The Morgan fingerprint density at radius 1 is 1.07 bits per heavy atom. The number of hydrogen-bond acceptors (Lipinski definition) is 5. The van der Waals surface area contributed by atoms with Crippen molar-refractivity contribution in [3.8, 4) is 16.3 Å². The molecule has 0 saturated carbocycles. The number of aromatic amines is 2. The zero-order valence-electron chi connectivity index (χ0n) is 15.3. The minimum absolute atomic E-state index is 0.400. The fourth-order valence-corrected chi connectivity index (χ4v) is 3.85. The molecule has 142 valence electrons. The second kappa shape index (κ2) is 7.79. The number of rotatable bonds is 6. The Bertz CT molecular complexity index is 1150. The smallest absolute Gasteiger partial charge is 0.310 e. The predicted octanol–water partition coefficient (Wildman–Crippen LogP) is 2.61. The molecular formula is C20H19N5O2S. The monoisotopic (exact) mass is 393 g/mol. The zero-order chi connectivity index (χ0) is 19.5. The molecule has 1 aromatic carbocycles. The molecule has 28 heavy (non-hydrogen) atoms. The molecule has 0 amide bonds. The van der Waals surface area contributed by atoms with E-state index >= 15 is 0 Å². The van der Waals surface area contributed by atoms with E-state index in [4.69, 9.17) is 5.10 Å². The van der Waals surface area contributed by atoms with Crippen LogP contribution in [0.4, 0.5) is 0 Å². The first-order valence-electron chi connectivity index (χ1n) is 8.77. The van der Waals surface area contributed by atoms with E-state index in [1.165, 1.54) is 6.07 Å². The number of benzene rings is 1. The molecule has 0 radical (unpaired) electrons. The number of hydrogen-bond donors (Lipinski definition) is 2. The molecule has 8 heteroatoms. The van der Waals surface area contributed by atoms with Crippen molar-refractivity contribution in [1.82, 2.24) is 24.6 Å². The van der Waals surface area contributed by atoms with Crippen molar-refractivity contribution >= 4 is 11.3 Å². The molecule has 0 aliphatic rings. The SMILES string of the molecule is CN(Cc1cc(=O)[nH]c(=O)[nH]1)Cc1cn(-c2ccccc2)nc1-c1cccs1. The van der Waals surface area contributed by atoms with Crippen molar-refractivity contribution in [3.05, 3.63) is 92.2 Å². The molecule has 3 heterocycles. The van der Waals surface area contributed by atoms with Crippen LogP contribution in [0.3, 0.4) is 0 Å². The van der Waals surface area contributed by atoms with Crippen LogP contribution in [0.25, 0.3) is 16.3 Å². The van der Waals surface area contributed by atoms with Gasteiger partial charge in [0.25, 0.3) is 5.56 Å². The van der Waals surface area contributed by atoms with Gasteiger partial charge in [0.05, 0.1) is 10.6 Å². The van der Waals surface area contributed by atoms with Crippen molar-refractivity contribution < 1.29 is 0 Å². The van der Waals surface area contributed by atoms with E-state index in [0.29, 0.717) is 18.8 Å². The van der Waals surface area contributed by atoms with Crippen molar-refractivity contribution in [2.24, 2.45) is 0 Å². The van der Waals surface area contributed by atoms with Gasteiger partial charge in [-0.2, -0.15) is 5.10 Å². The maximum absolute atomic E-state index is 11.5. The molecule has 0 unspecified atom stereocenters. The highest BCUT2D eigenvalue weighted by molar-refractivity contribution is 7.13. The zero-order valence-corrected chi connectivity index (χ0v) is 16.1. The summed E-state index contributed by atoms with van der Waals surface area (Å²) < 4.78 is 1.88. The highest BCUT2D eigenvalue weighted by Crippen LogP contribution is 2.28. The van der Waals surface area contributed by atoms with Crippen LogP contribution in [-0.2, 0) is 13.1 Å². The summed E-state index contributed by atoms with van der Waals surface area (Å²) in [6.07, 6.45) is 2.03. The Hall–Kier alpha value is -3.23. The number of nitrogens with zero attached hydrogens (tertiary/aromatic N) is 3. The van der Waals surface area contributed by atoms with Gasteiger partial charge in [-0.15, -0.1) is 11.3 Å². The lowest BCUT2D eigenvalue weighted by molar-refractivity contribution is 0.315. The highest BCUT2D eigenvalue weighted by atomic mass is 32.1. The van der Waals surface area contributed by atoms with Crippen molar-refractivity contribution in [1.29, 1.82) is 0 Å². The van der Waals surface area contributed by atoms with Crippen LogP contribution in [0.15, 0.2) is 69.7 Å². The summed E-state index contributed by atoms with van der Waals surface area (Å²) in [5, 5.41) is 6.83. The van der Waals surface area contributed by atoms with Crippen LogP contribution < -0.4 is 11.2 Å². The minimum atomic E-state index is -0.493. The summed E-state index contributed by atoms with van der Waals surface area (Å²) in [5.41, 5.74) is 2.68. The van der Waals surface area contributed by atoms with Gasteiger partial charge in [0.1, 0.15) is 5.69 Å². The molecule has 0 fully saturated rings. The normalized spacial score (nSPS) is 11.2. The van der Waals surface area contributed by atoms with Gasteiger partial charge in [0.2, 0.25) is 0 Å². The maximum atomic E-state index is 11.5. The number of H-pyrrole nitrogens is 2. The predicted molar refractivity (Wildman–Crippen MR) is 110 cm³/mol. The Morgan fingerprint density at radius 2 is 1.89 bits per heavy atom. The molecule has 4 aromatic rings. The summed E-state index contributed by atoms with van der Waals surface area (Å²) in [7, 11) is 1.94. The van der Waals surface area contributed by atoms with Crippen molar-refractivity contribution in [3.63, 3.8) is 0 Å². The average molecular weight is 393 g/mol. The van der Waals surface area contributed by atoms with Gasteiger partial charge in [-0.3, -0.25) is 14.7 Å². The van der Waals surface area contributed by atoms with Gasteiger partial charge in [0, 0.05) is 36.6 Å². The largest absolute Gasteiger partial charge is 0.325 e. The van der Waals surface area contributed by atoms with Crippen LogP contribution in [0, 0.1) is 0 Å². The van der Waals surface area contributed by atoms with Crippen molar-refractivity contribution in [2.75, 3.05) is 7.05 Å². The molecule has 7 nitrogen and oxygen atoms in total. The first-order valence-corrected chi connectivity index (χ1v) is 9.65. The van der Waals surface area contributed by atoms with E-state index < -0.39 is 11.2 Å². The van der Waals surface area contributed by atoms with Crippen LogP contribution >= 0.6 is 11.3 Å². The van der Waals surface area contributed by atoms with E-state index in [0.717, 1.165) is 21.8 Å². The van der Waals surface area contributed by atoms with E-state index in [1.807, 2.05) is 64.6 Å². The molecule has 0 bridgehead atoms. The molecule has 3 aromatic heterocycles. The summed E-state index contributed by atoms with van der Waals surface area (Å²) in [4.78, 5) is 31.0. The summed E-state index contributed by atoms with van der Waals surface area (Å²) >= 11 is 1.65. The first-order chi connectivity index (χ1) is 13.6. The molecule has 0 spiro atoms. The fourth-order valence-electron chi connectivity index (χ4n) is 3.10. The van der Waals surface area contributed by atoms with Crippen LogP contribution in [0.5, 0.6) is 0 Å². The number of nitrogens with one attached hydrogen (secondary N) is 2. The molecule has 4 rings (SSSR count). The molecular weight excluding hydrogens is 374 g/mol. The van der Waals surface area contributed by atoms with Gasteiger partial charge in [0.15, 0.2) is 0 Å². The molecule has 2 N–H and O–H groups in total. The topological polar surface area (TPSA) is 86.8 Å². The second-order valence-corrected chi connectivity index (χ2v) is 7.49. The van der Waals surface area contributed by atoms with Crippen molar-refractivity contribution in [2.45, 2.75) is 13.1 Å². The van der Waals surface area contributed by atoms with Gasteiger partial charge >= 0.3 is 5.69 Å². The van der Waals surface area contributed by atoms with E-state index in [9.17, 15) is 9.59 Å². The third kappa shape index (κ3) is 4.03. The van der Waals surface area contributed by atoms with Crippen LogP contribution in [-0.4, -0.2) is 31.7 Å². The fraction of sp³-hybridized carbons (Fsp3) is 0.150. The summed E-state index contributed by atoms with van der Waals surface area (Å²) in [6.45, 7) is 1.06. The van der Waals surface area contributed by atoms with Gasteiger partial charge in [-0.05, 0) is 30.6 Å². The van der Waals surface area contributed by atoms with Crippen LogP contribution in [0.2, 0.25) is 0 Å². The third-order valence-electron chi connectivity index (χ3n) is 4.26. The summed E-state index contributed by atoms with van der Waals surface area (Å²) in [5.74, 6) is 0. The molecule has 0 aliphatic carbocycles. The number of para-hydroxylation sites is 1. The lowest BCUT2D eigenvalue weighted by Crippen LogP contribution is -2.26. The Morgan fingerprint density at radius 3 is 2.61 bits per heavy atom. The first kappa shape index (κ1) is 18.1. The number of aromatic nitrogens is 4. The maximum Gasteiger partial charge on any atom is 0.325 e. The second-order valence-electron chi connectivity index (χ2n) is 6.55. The van der Waals surface area contributed by atoms with Gasteiger partial charge in [-0.1, -0.05) is 24.3 Å². The molecule has 0 aliphatic heterocycles. The third-order valence-corrected chi connectivity index (χ3v) is 5.14. The minimum Gasteiger partial charge on any atom is -0.310 e. The average Bonchev–Trinajstić information content (AvgIpc) is 3.31. The lowest BCUT2D eigenvalue weighted by Gasteiger charge is -2.16. The van der Waals surface area contributed by atoms with E-state index in [2.05, 4.69) is 16.0 Å². The lowest BCUT2D eigenvalue weighted by atomic mass is 10.2. The van der Waals surface area contributed by atoms with Gasteiger partial charge < -0.3 is 4.98 Å². The van der Waals surface area contributed by atoms with E-state index in [-0.39, 0.29) is 0 Å². The van der Waals surface area contributed by atoms with E-state index in [1.54, 1.807) is 11.3 Å². The highest BCUT2D eigenvalue weighted by Gasteiger charge is 2.15. The Kier molecular flexibility index (Phi) is 5.05. The summed E-state index contributed by atoms with van der Waals surface area (Å²) in [6, 6.07) is 15.4. The standard InChI is InChI=1S/C20H19N5O2S/c1-24(13-15-10-18(26)22-20(27)21-15)11-14-12-25(16-6-3-2-4-7-16)23-19(14)17-8-5-9-28-17/h2-10,12H,11,13H2,1H3,(H2,21,22,26,27).